The minimum atomic E-state index is 0.807. The molecule has 3 nitrogen and oxygen atoms in total. The van der Waals surface area contributed by atoms with Crippen LogP contribution in [0.15, 0.2) is 24.3 Å². The maximum absolute atomic E-state index is 6.04. The molecule has 0 unspecified atom stereocenters. The van der Waals surface area contributed by atoms with Gasteiger partial charge in [0.2, 0.25) is 0 Å². The zero-order chi connectivity index (χ0) is 12.5. The summed E-state index contributed by atoms with van der Waals surface area (Å²) in [6.45, 7) is 5.46. The van der Waals surface area contributed by atoms with Crippen molar-refractivity contribution in [1.29, 1.82) is 0 Å². The number of aryl methyl sites for hydroxylation is 1. The Kier molecular flexibility index (Phi) is 3.29. The lowest BCUT2D eigenvalue weighted by Gasteiger charge is -2.27. The van der Waals surface area contributed by atoms with Gasteiger partial charge in [-0.2, -0.15) is 0 Å². The second-order valence-electron chi connectivity index (χ2n) is 4.92. The molecule has 0 radical (unpaired) electrons. The lowest BCUT2D eigenvalue weighted by atomic mass is 10.2. The van der Waals surface area contributed by atoms with E-state index in [0.29, 0.717) is 0 Å². The fraction of sp³-hybridized carbons (Fsp3) is 0.429. The van der Waals surface area contributed by atoms with Crippen molar-refractivity contribution in [3.05, 3.63) is 35.0 Å². The van der Waals surface area contributed by atoms with E-state index in [0.717, 1.165) is 37.7 Å². The number of halogens is 1. The van der Waals surface area contributed by atoms with Gasteiger partial charge in [0.15, 0.2) is 0 Å². The van der Waals surface area contributed by atoms with E-state index >= 15 is 0 Å². The van der Waals surface area contributed by atoms with Crippen molar-refractivity contribution in [2.24, 2.45) is 7.05 Å². The van der Waals surface area contributed by atoms with Crippen molar-refractivity contribution in [2.45, 2.75) is 6.54 Å². The van der Waals surface area contributed by atoms with Crippen LogP contribution in [0, 0.1) is 0 Å². The molecule has 96 valence electrons. The highest BCUT2D eigenvalue weighted by Gasteiger charge is 2.13. The number of nitrogens with zero attached hydrogens (tertiary/aromatic N) is 2. The van der Waals surface area contributed by atoms with Gasteiger partial charge in [0, 0.05) is 61.4 Å². The van der Waals surface area contributed by atoms with Crippen molar-refractivity contribution in [1.82, 2.24) is 14.8 Å². The minimum absolute atomic E-state index is 0.807. The average Bonchev–Trinajstić information content (AvgIpc) is 2.67. The summed E-state index contributed by atoms with van der Waals surface area (Å²) in [6, 6.07) is 8.35. The van der Waals surface area contributed by atoms with Crippen molar-refractivity contribution in [2.75, 3.05) is 26.2 Å². The smallest absolute Gasteiger partial charge is 0.0481 e. The average molecular weight is 264 g/mol. The fourth-order valence-electron chi connectivity index (χ4n) is 2.63. The van der Waals surface area contributed by atoms with Crippen LogP contribution < -0.4 is 5.32 Å². The molecule has 0 amide bonds. The van der Waals surface area contributed by atoms with Gasteiger partial charge in [0.05, 0.1) is 0 Å². The summed E-state index contributed by atoms with van der Waals surface area (Å²) in [5.74, 6) is 0. The fourth-order valence-corrected chi connectivity index (χ4v) is 2.81. The Bertz CT molecular complexity index is 555. The molecule has 1 saturated heterocycles. The molecule has 2 aromatic rings. The molecule has 0 spiro atoms. The van der Waals surface area contributed by atoms with Crippen LogP contribution in [-0.4, -0.2) is 35.6 Å². The molecule has 1 fully saturated rings. The van der Waals surface area contributed by atoms with Crippen LogP contribution in [0.2, 0.25) is 5.02 Å². The molecule has 0 saturated carbocycles. The number of nitrogens with one attached hydrogen (secondary N) is 1. The molecule has 0 bridgehead atoms. The van der Waals surface area contributed by atoms with Gasteiger partial charge in [-0.15, -0.1) is 0 Å². The van der Waals surface area contributed by atoms with E-state index in [2.05, 4.69) is 34.0 Å². The topological polar surface area (TPSA) is 20.2 Å². The number of aromatic nitrogens is 1. The van der Waals surface area contributed by atoms with Gasteiger partial charge in [-0.25, -0.2) is 0 Å². The van der Waals surface area contributed by atoms with Gasteiger partial charge in [-0.05, 0) is 24.3 Å². The Labute approximate surface area is 112 Å². The van der Waals surface area contributed by atoms with E-state index in [1.54, 1.807) is 0 Å². The summed E-state index contributed by atoms with van der Waals surface area (Å²) >= 11 is 6.04. The van der Waals surface area contributed by atoms with Gasteiger partial charge >= 0.3 is 0 Å². The molecule has 3 rings (SSSR count). The van der Waals surface area contributed by atoms with Crippen LogP contribution in [0.25, 0.3) is 10.9 Å². The number of piperazine rings is 1. The van der Waals surface area contributed by atoms with E-state index in [1.165, 1.54) is 16.6 Å². The molecule has 1 N–H and O–H groups in total. The summed E-state index contributed by atoms with van der Waals surface area (Å²) in [4.78, 5) is 2.49. The summed E-state index contributed by atoms with van der Waals surface area (Å²) in [6.07, 6.45) is 0. The lowest BCUT2D eigenvalue weighted by Crippen LogP contribution is -2.43. The van der Waals surface area contributed by atoms with Gasteiger partial charge in [0.25, 0.3) is 0 Å². The van der Waals surface area contributed by atoms with E-state index < -0.39 is 0 Å². The monoisotopic (exact) mass is 263 g/mol. The molecule has 0 aliphatic carbocycles. The van der Waals surface area contributed by atoms with E-state index in [-0.39, 0.29) is 0 Å². The Morgan fingerprint density at radius 1 is 1.22 bits per heavy atom. The third kappa shape index (κ3) is 2.26. The second kappa shape index (κ2) is 4.92. The normalized spacial score (nSPS) is 17.4. The molecular weight excluding hydrogens is 246 g/mol. The number of benzene rings is 1. The highest BCUT2D eigenvalue weighted by atomic mass is 35.5. The Balaban J connectivity index is 1.89. The third-order valence-corrected chi connectivity index (χ3v) is 3.93. The maximum atomic E-state index is 6.04. The summed E-state index contributed by atoms with van der Waals surface area (Å²) < 4.78 is 2.27. The van der Waals surface area contributed by atoms with Gasteiger partial charge < -0.3 is 9.88 Å². The molecule has 1 aromatic heterocycles. The highest BCUT2D eigenvalue weighted by Crippen LogP contribution is 2.23. The molecule has 2 heterocycles. The number of fused-ring (bicyclic) bond motifs is 1. The van der Waals surface area contributed by atoms with Crippen LogP contribution >= 0.6 is 11.6 Å². The Morgan fingerprint density at radius 2 is 2.00 bits per heavy atom. The number of hydrogen-bond acceptors (Lipinski definition) is 2. The molecular formula is C14H18ClN3. The predicted molar refractivity (Wildman–Crippen MR) is 76.1 cm³/mol. The summed E-state index contributed by atoms with van der Waals surface area (Å²) in [7, 11) is 2.13. The SMILES string of the molecule is Cn1c(CN2CCNCC2)cc2cc(Cl)ccc21. The Hall–Kier alpha value is -1.03. The van der Waals surface area contributed by atoms with Crippen molar-refractivity contribution in [3.8, 4) is 0 Å². The quantitative estimate of drug-likeness (QED) is 0.897. The zero-order valence-corrected chi connectivity index (χ0v) is 11.4. The molecule has 4 heteroatoms. The lowest BCUT2D eigenvalue weighted by molar-refractivity contribution is 0.229. The van der Waals surface area contributed by atoms with Crippen LogP contribution in [0.5, 0.6) is 0 Å². The zero-order valence-electron chi connectivity index (χ0n) is 10.6. The van der Waals surface area contributed by atoms with Crippen molar-refractivity contribution >= 4 is 22.5 Å². The highest BCUT2D eigenvalue weighted by molar-refractivity contribution is 6.31. The molecule has 1 aromatic carbocycles. The van der Waals surface area contributed by atoms with Crippen LogP contribution in [-0.2, 0) is 13.6 Å². The standard InChI is InChI=1S/C14H18ClN3/c1-17-13(10-18-6-4-16-5-7-18)9-11-8-12(15)2-3-14(11)17/h2-3,8-9,16H,4-7,10H2,1H3. The minimum Gasteiger partial charge on any atom is -0.346 e. The predicted octanol–water partition coefficient (Wildman–Crippen LogP) is 2.24. The first-order valence-electron chi connectivity index (χ1n) is 6.41. The van der Waals surface area contributed by atoms with E-state index in [9.17, 15) is 0 Å². The van der Waals surface area contributed by atoms with Gasteiger partial charge in [-0.3, -0.25) is 4.90 Å². The second-order valence-corrected chi connectivity index (χ2v) is 5.36. The van der Waals surface area contributed by atoms with E-state index in [4.69, 9.17) is 11.6 Å². The van der Waals surface area contributed by atoms with Crippen molar-refractivity contribution in [3.63, 3.8) is 0 Å². The molecule has 18 heavy (non-hydrogen) atoms. The molecule has 1 aliphatic rings. The van der Waals surface area contributed by atoms with Crippen LogP contribution in [0.1, 0.15) is 5.69 Å². The van der Waals surface area contributed by atoms with Crippen molar-refractivity contribution < 1.29 is 0 Å². The van der Waals surface area contributed by atoms with Crippen LogP contribution in [0.4, 0.5) is 0 Å². The van der Waals surface area contributed by atoms with Gasteiger partial charge in [0.1, 0.15) is 0 Å². The Morgan fingerprint density at radius 3 is 2.78 bits per heavy atom. The first-order valence-corrected chi connectivity index (χ1v) is 6.79. The summed E-state index contributed by atoms with van der Waals surface area (Å²) in [5.41, 5.74) is 2.61. The van der Waals surface area contributed by atoms with Crippen LogP contribution in [0.3, 0.4) is 0 Å². The molecule has 1 aliphatic heterocycles. The van der Waals surface area contributed by atoms with E-state index in [1.807, 2.05) is 12.1 Å². The number of hydrogen-bond donors (Lipinski definition) is 1. The van der Waals surface area contributed by atoms with Gasteiger partial charge in [-0.1, -0.05) is 11.6 Å². The first kappa shape index (κ1) is 12.0. The summed E-state index contributed by atoms with van der Waals surface area (Å²) in [5, 5.41) is 5.42. The maximum Gasteiger partial charge on any atom is 0.0481 e. The largest absolute Gasteiger partial charge is 0.346 e. The number of rotatable bonds is 2. The molecule has 0 atom stereocenters. The third-order valence-electron chi connectivity index (χ3n) is 3.70. The first-order chi connectivity index (χ1) is 8.74.